The molecule has 0 saturated heterocycles. The van der Waals surface area contributed by atoms with Gasteiger partial charge in [-0.25, -0.2) is 4.99 Å². The number of hydrogen-bond acceptors (Lipinski definition) is 3. The summed E-state index contributed by atoms with van der Waals surface area (Å²) in [6.45, 7) is 7.35. The van der Waals surface area contributed by atoms with E-state index >= 15 is 0 Å². The Labute approximate surface area is 167 Å². The largest absolute Gasteiger partial charge is 0.497 e. The van der Waals surface area contributed by atoms with E-state index in [-0.39, 0.29) is 24.0 Å². The highest BCUT2D eigenvalue weighted by atomic mass is 127. The topological polar surface area (TPSA) is 63.5 Å². The molecule has 0 amide bonds. The molecule has 2 rings (SSSR count). The predicted molar refractivity (Wildman–Crippen MR) is 113 cm³/mol. The van der Waals surface area contributed by atoms with Gasteiger partial charge in [0.05, 0.1) is 19.9 Å². The van der Waals surface area contributed by atoms with E-state index in [2.05, 4.69) is 40.8 Å². The van der Waals surface area contributed by atoms with Crippen molar-refractivity contribution in [2.75, 3.05) is 20.2 Å². The van der Waals surface area contributed by atoms with Gasteiger partial charge in [-0.1, -0.05) is 12.1 Å². The lowest BCUT2D eigenvalue weighted by Gasteiger charge is -2.11. The zero-order valence-electron chi connectivity index (χ0n) is 15.2. The van der Waals surface area contributed by atoms with Crippen LogP contribution in [0.4, 0.5) is 0 Å². The number of nitrogens with zero attached hydrogens (tertiary/aromatic N) is 3. The Morgan fingerprint density at radius 1 is 1.24 bits per heavy atom. The first-order valence-electron chi connectivity index (χ1n) is 8.35. The maximum atomic E-state index is 5.17. The number of aliphatic imine (C=N–C) groups is 1. The standard InChI is InChI=1S/C18H27N5O.HI/c1-4-19-18(20-10-5-11-23-14-15(2)12-22-23)21-13-16-6-8-17(24-3)9-7-16;/h6-9,12,14H,4-5,10-11,13H2,1-3H3,(H2,19,20,21);1H. The van der Waals surface area contributed by atoms with Crippen LogP contribution in [0.2, 0.25) is 0 Å². The number of nitrogens with one attached hydrogen (secondary N) is 2. The molecule has 0 saturated carbocycles. The third-order valence-corrected chi connectivity index (χ3v) is 3.54. The van der Waals surface area contributed by atoms with Crippen LogP contribution < -0.4 is 15.4 Å². The normalized spacial score (nSPS) is 10.9. The highest BCUT2D eigenvalue weighted by Gasteiger charge is 1.99. The molecule has 138 valence electrons. The molecule has 1 aromatic carbocycles. The maximum Gasteiger partial charge on any atom is 0.191 e. The minimum atomic E-state index is 0. The summed E-state index contributed by atoms with van der Waals surface area (Å²) in [5.74, 6) is 1.70. The first-order chi connectivity index (χ1) is 11.7. The lowest BCUT2D eigenvalue weighted by Crippen LogP contribution is -2.38. The van der Waals surface area contributed by atoms with Gasteiger partial charge in [0.25, 0.3) is 0 Å². The van der Waals surface area contributed by atoms with Crippen molar-refractivity contribution < 1.29 is 4.74 Å². The first kappa shape index (κ1) is 21.3. The summed E-state index contributed by atoms with van der Waals surface area (Å²) in [6, 6.07) is 7.98. The van der Waals surface area contributed by atoms with E-state index in [0.717, 1.165) is 43.3 Å². The Morgan fingerprint density at radius 3 is 2.60 bits per heavy atom. The van der Waals surface area contributed by atoms with Gasteiger partial charge in [0.15, 0.2) is 5.96 Å². The van der Waals surface area contributed by atoms with Crippen molar-refractivity contribution in [3.63, 3.8) is 0 Å². The van der Waals surface area contributed by atoms with Crippen LogP contribution in [0.1, 0.15) is 24.5 Å². The molecule has 0 radical (unpaired) electrons. The van der Waals surface area contributed by atoms with E-state index in [1.54, 1.807) is 7.11 Å². The average Bonchev–Trinajstić information content (AvgIpc) is 3.02. The van der Waals surface area contributed by atoms with Gasteiger partial charge in [0.1, 0.15) is 5.75 Å². The Balaban J connectivity index is 0.00000312. The molecule has 0 aliphatic carbocycles. The third-order valence-electron chi connectivity index (χ3n) is 3.54. The number of aryl methyl sites for hydroxylation is 2. The highest BCUT2D eigenvalue weighted by Crippen LogP contribution is 2.11. The Bertz CT molecular complexity index is 639. The van der Waals surface area contributed by atoms with E-state index in [0.29, 0.717) is 6.54 Å². The minimum Gasteiger partial charge on any atom is -0.497 e. The van der Waals surface area contributed by atoms with Crippen molar-refractivity contribution in [3.05, 3.63) is 47.8 Å². The van der Waals surface area contributed by atoms with Gasteiger partial charge in [-0.2, -0.15) is 5.10 Å². The second-order valence-electron chi connectivity index (χ2n) is 5.60. The first-order valence-corrected chi connectivity index (χ1v) is 8.35. The molecule has 25 heavy (non-hydrogen) atoms. The van der Waals surface area contributed by atoms with Crippen LogP contribution in [0, 0.1) is 6.92 Å². The lowest BCUT2D eigenvalue weighted by atomic mass is 10.2. The SMILES string of the molecule is CCNC(=NCc1ccc(OC)cc1)NCCCn1cc(C)cn1.I. The summed E-state index contributed by atoms with van der Waals surface area (Å²) in [5.41, 5.74) is 2.34. The quantitative estimate of drug-likeness (QED) is 0.277. The van der Waals surface area contributed by atoms with Crippen molar-refractivity contribution in [3.8, 4) is 5.75 Å². The maximum absolute atomic E-state index is 5.17. The van der Waals surface area contributed by atoms with Gasteiger partial charge in [-0.3, -0.25) is 4.68 Å². The number of rotatable bonds is 8. The second kappa shape index (κ2) is 11.7. The summed E-state index contributed by atoms with van der Waals surface area (Å²) >= 11 is 0. The molecular weight excluding hydrogens is 429 g/mol. The van der Waals surface area contributed by atoms with E-state index in [9.17, 15) is 0 Å². The number of guanidine groups is 1. The fourth-order valence-corrected chi connectivity index (χ4v) is 2.28. The van der Waals surface area contributed by atoms with E-state index < -0.39 is 0 Å². The molecule has 1 heterocycles. The van der Waals surface area contributed by atoms with Crippen LogP contribution in [0.25, 0.3) is 0 Å². The molecule has 6 nitrogen and oxygen atoms in total. The van der Waals surface area contributed by atoms with Gasteiger partial charge in [-0.05, 0) is 43.5 Å². The van der Waals surface area contributed by atoms with Crippen molar-refractivity contribution in [1.82, 2.24) is 20.4 Å². The molecule has 0 atom stereocenters. The molecule has 0 aliphatic rings. The molecule has 0 aliphatic heterocycles. The van der Waals surface area contributed by atoms with Crippen LogP contribution >= 0.6 is 24.0 Å². The monoisotopic (exact) mass is 457 g/mol. The molecule has 0 unspecified atom stereocenters. The number of benzene rings is 1. The van der Waals surface area contributed by atoms with Crippen LogP contribution in [-0.4, -0.2) is 35.9 Å². The Morgan fingerprint density at radius 2 is 2.00 bits per heavy atom. The third kappa shape index (κ3) is 7.76. The zero-order chi connectivity index (χ0) is 17.2. The minimum absolute atomic E-state index is 0. The van der Waals surface area contributed by atoms with Gasteiger partial charge >= 0.3 is 0 Å². The summed E-state index contributed by atoms with van der Waals surface area (Å²) in [5, 5.41) is 10.9. The van der Waals surface area contributed by atoms with Crippen LogP contribution in [0.5, 0.6) is 5.75 Å². The van der Waals surface area contributed by atoms with Crippen molar-refractivity contribution in [1.29, 1.82) is 0 Å². The van der Waals surface area contributed by atoms with Gasteiger partial charge in [0, 0.05) is 25.8 Å². The van der Waals surface area contributed by atoms with E-state index in [1.807, 2.05) is 35.1 Å². The number of hydrogen-bond donors (Lipinski definition) is 2. The molecule has 2 N–H and O–H groups in total. The average molecular weight is 457 g/mol. The number of ether oxygens (including phenoxy) is 1. The fraction of sp³-hybridized carbons (Fsp3) is 0.444. The Kier molecular flexibility index (Phi) is 9.98. The van der Waals surface area contributed by atoms with Crippen molar-refractivity contribution in [2.24, 2.45) is 4.99 Å². The van der Waals surface area contributed by atoms with E-state index in [1.165, 1.54) is 5.56 Å². The fourth-order valence-electron chi connectivity index (χ4n) is 2.28. The van der Waals surface area contributed by atoms with Crippen LogP contribution in [0.15, 0.2) is 41.7 Å². The molecule has 1 aromatic heterocycles. The second-order valence-corrected chi connectivity index (χ2v) is 5.60. The van der Waals surface area contributed by atoms with Crippen molar-refractivity contribution in [2.45, 2.75) is 33.4 Å². The van der Waals surface area contributed by atoms with Gasteiger partial charge < -0.3 is 15.4 Å². The summed E-state index contributed by atoms with van der Waals surface area (Å²) < 4.78 is 7.14. The predicted octanol–water partition coefficient (Wildman–Crippen LogP) is 2.96. The highest BCUT2D eigenvalue weighted by molar-refractivity contribution is 14.0. The summed E-state index contributed by atoms with van der Waals surface area (Å²) in [4.78, 5) is 4.62. The summed E-state index contributed by atoms with van der Waals surface area (Å²) in [7, 11) is 1.67. The van der Waals surface area contributed by atoms with E-state index in [4.69, 9.17) is 4.74 Å². The van der Waals surface area contributed by atoms with Crippen LogP contribution in [-0.2, 0) is 13.1 Å². The number of aromatic nitrogens is 2. The molecule has 2 aromatic rings. The molecular formula is C18H28IN5O. The van der Waals surface area contributed by atoms with Gasteiger partial charge in [0.2, 0.25) is 0 Å². The zero-order valence-corrected chi connectivity index (χ0v) is 17.5. The molecule has 0 bridgehead atoms. The Hall–Kier alpha value is -1.77. The smallest absolute Gasteiger partial charge is 0.191 e. The van der Waals surface area contributed by atoms with Gasteiger partial charge in [-0.15, -0.1) is 24.0 Å². The lowest BCUT2D eigenvalue weighted by molar-refractivity contribution is 0.414. The number of halogens is 1. The molecule has 7 heteroatoms. The molecule has 0 fully saturated rings. The van der Waals surface area contributed by atoms with Crippen molar-refractivity contribution >= 4 is 29.9 Å². The molecule has 0 spiro atoms. The number of methoxy groups -OCH3 is 1. The van der Waals surface area contributed by atoms with Crippen LogP contribution in [0.3, 0.4) is 0 Å². The summed E-state index contributed by atoms with van der Waals surface area (Å²) in [6.07, 6.45) is 4.94.